The maximum absolute atomic E-state index is 11.9. The molecule has 6 heteroatoms. The molecule has 0 aromatic carbocycles. The molecule has 2 rings (SSSR count). The largest absolute Gasteiger partial charge is 0.228 e. The molecule has 1 aromatic heterocycles. The van der Waals surface area contributed by atoms with Crippen LogP contribution < -0.4 is 0 Å². The summed E-state index contributed by atoms with van der Waals surface area (Å²) in [6.45, 7) is 0. The van der Waals surface area contributed by atoms with Gasteiger partial charge in [0.25, 0.3) is 0 Å². The molecule has 1 aliphatic rings. The summed E-state index contributed by atoms with van der Waals surface area (Å²) in [6, 6.07) is 1.76. The van der Waals surface area contributed by atoms with Crippen LogP contribution >= 0.6 is 34.5 Å². The predicted molar refractivity (Wildman–Crippen MR) is 69.3 cm³/mol. The molecular formula is C10H12Cl2O2S2. The van der Waals surface area contributed by atoms with E-state index in [0.717, 1.165) is 17.7 Å². The highest BCUT2D eigenvalue weighted by Crippen LogP contribution is 2.40. The third kappa shape index (κ3) is 2.40. The Hall–Kier alpha value is 0.230. The number of hydrogen-bond donors (Lipinski definition) is 0. The zero-order chi connectivity index (χ0) is 11.8. The Labute approximate surface area is 109 Å². The maximum Gasteiger partial charge on any atom is 0.154 e. The summed E-state index contributed by atoms with van der Waals surface area (Å²) >= 11 is 13.7. The van der Waals surface area contributed by atoms with E-state index in [0.29, 0.717) is 11.4 Å². The summed E-state index contributed by atoms with van der Waals surface area (Å²) in [4.78, 5) is 0.777. The van der Waals surface area contributed by atoms with E-state index in [2.05, 4.69) is 0 Å². The predicted octanol–water partition coefficient (Wildman–Crippen LogP) is 3.65. The molecule has 90 valence electrons. The highest BCUT2D eigenvalue weighted by molar-refractivity contribution is 7.92. The fourth-order valence-electron chi connectivity index (χ4n) is 1.98. The van der Waals surface area contributed by atoms with Gasteiger partial charge in [-0.05, 0) is 24.3 Å². The molecule has 0 saturated carbocycles. The van der Waals surface area contributed by atoms with Gasteiger partial charge < -0.3 is 0 Å². The van der Waals surface area contributed by atoms with Crippen LogP contribution in [0.2, 0.25) is 5.02 Å². The summed E-state index contributed by atoms with van der Waals surface area (Å²) < 4.78 is 23.8. The van der Waals surface area contributed by atoms with E-state index in [1.807, 2.05) is 5.38 Å². The van der Waals surface area contributed by atoms with Gasteiger partial charge in [-0.2, -0.15) is 0 Å². The van der Waals surface area contributed by atoms with Crippen LogP contribution in [0.15, 0.2) is 11.4 Å². The first kappa shape index (κ1) is 12.7. The van der Waals surface area contributed by atoms with Crippen molar-refractivity contribution in [3.63, 3.8) is 0 Å². The fraction of sp³-hybridized carbons (Fsp3) is 0.600. The summed E-state index contributed by atoms with van der Waals surface area (Å²) in [5, 5.41) is 1.44. The molecule has 2 heterocycles. The average molecular weight is 299 g/mol. The molecule has 2 atom stereocenters. The van der Waals surface area contributed by atoms with Gasteiger partial charge >= 0.3 is 0 Å². The summed E-state index contributed by atoms with van der Waals surface area (Å²) in [7, 11) is -3.05. The van der Waals surface area contributed by atoms with Gasteiger partial charge in [-0.3, -0.25) is 0 Å². The zero-order valence-corrected chi connectivity index (χ0v) is 11.7. The Morgan fingerprint density at radius 3 is 2.75 bits per heavy atom. The van der Waals surface area contributed by atoms with Crippen molar-refractivity contribution < 1.29 is 8.42 Å². The lowest BCUT2D eigenvalue weighted by Gasteiger charge is -2.25. The number of hydrogen-bond acceptors (Lipinski definition) is 3. The van der Waals surface area contributed by atoms with Gasteiger partial charge in [0.15, 0.2) is 9.84 Å². The first-order chi connectivity index (χ1) is 7.52. The lowest BCUT2D eigenvalue weighted by molar-refractivity contribution is 0.535. The number of thiophene rings is 1. The molecule has 0 bridgehead atoms. The van der Waals surface area contributed by atoms with Crippen LogP contribution in [0.5, 0.6) is 0 Å². The van der Waals surface area contributed by atoms with Crippen molar-refractivity contribution in [1.82, 2.24) is 0 Å². The minimum atomic E-state index is -3.05. The second kappa shape index (κ2) is 4.84. The third-order valence-electron chi connectivity index (χ3n) is 2.85. The lowest BCUT2D eigenvalue weighted by Crippen LogP contribution is -2.31. The molecule has 1 fully saturated rings. The summed E-state index contributed by atoms with van der Waals surface area (Å²) in [6.07, 6.45) is 2.32. The fourth-order valence-corrected chi connectivity index (χ4v) is 6.14. The molecule has 2 nitrogen and oxygen atoms in total. The molecule has 0 amide bonds. The molecule has 1 saturated heterocycles. The van der Waals surface area contributed by atoms with Crippen LogP contribution in [0, 0.1) is 0 Å². The van der Waals surface area contributed by atoms with Crippen molar-refractivity contribution in [2.45, 2.75) is 29.9 Å². The Kier molecular flexibility index (Phi) is 3.84. The lowest BCUT2D eigenvalue weighted by atomic mass is 10.1. The molecule has 2 unspecified atom stereocenters. The van der Waals surface area contributed by atoms with Crippen LogP contribution in [0.1, 0.15) is 29.5 Å². The maximum atomic E-state index is 11.9. The number of alkyl halides is 1. The Morgan fingerprint density at radius 2 is 2.19 bits per heavy atom. The van der Waals surface area contributed by atoms with Crippen molar-refractivity contribution in [3.05, 3.63) is 21.3 Å². The van der Waals surface area contributed by atoms with Crippen LogP contribution in [-0.4, -0.2) is 19.4 Å². The number of halogens is 2. The van der Waals surface area contributed by atoms with Gasteiger partial charge in [0.1, 0.15) is 0 Å². The van der Waals surface area contributed by atoms with E-state index >= 15 is 0 Å². The van der Waals surface area contributed by atoms with E-state index in [1.54, 1.807) is 6.07 Å². The van der Waals surface area contributed by atoms with Crippen molar-refractivity contribution in [2.24, 2.45) is 0 Å². The second-order valence-corrected chi connectivity index (χ2v) is 8.10. The highest BCUT2D eigenvalue weighted by Gasteiger charge is 2.36. The van der Waals surface area contributed by atoms with Crippen molar-refractivity contribution in [1.29, 1.82) is 0 Å². The van der Waals surface area contributed by atoms with Crippen LogP contribution in [0.25, 0.3) is 0 Å². The molecule has 1 aromatic rings. The smallest absolute Gasteiger partial charge is 0.154 e. The van der Waals surface area contributed by atoms with Crippen LogP contribution in [0.3, 0.4) is 0 Å². The molecule has 16 heavy (non-hydrogen) atoms. The minimum Gasteiger partial charge on any atom is -0.228 e. The normalized spacial score (nSPS) is 26.5. The highest BCUT2D eigenvalue weighted by atomic mass is 35.5. The second-order valence-electron chi connectivity index (χ2n) is 3.94. The van der Waals surface area contributed by atoms with Gasteiger partial charge in [-0.25, -0.2) is 8.42 Å². The first-order valence-corrected chi connectivity index (χ1v) is 8.52. The van der Waals surface area contributed by atoms with E-state index < -0.39 is 20.5 Å². The quantitative estimate of drug-likeness (QED) is 0.781. The Morgan fingerprint density at radius 1 is 1.44 bits per heavy atom. The van der Waals surface area contributed by atoms with Crippen molar-refractivity contribution in [3.8, 4) is 0 Å². The van der Waals surface area contributed by atoms with E-state index in [9.17, 15) is 8.42 Å². The van der Waals surface area contributed by atoms with E-state index in [-0.39, 0.29) is 5.75 Å². The molecular weight excluding hydrogens is 287 g/mol. The van der Waals surface area contributed by atoms with Gasteiger partial charge in [0, 0.05) is 4.88 Å². The van der Waals surface area contributed by atoms with Crippen molar-refractivity contribution in [2.75, 3.05) is 5.75 Å². The van der Waals surface area contributed by atoms with Gasteiger partial charge in [-0.1, -0.05) is 18.0 Å². The zero-order valence-electron chi connectivity index (χ0n) is 8.53. The monoisotopic (exact) mass is 298 g/mol. The van der Waals surface area contributed by atoms with E-state index in [4.69, 9.17) is 23.2 Å². The molecule has 0 radical (unpaired) electrons. The number of sulfone groups is 1. The van der Waals surface area contributed by atoms with Gasteiger partial charge in [-0.15, -0.1) is 22.9 Å². The topological polar surface area (TPSA) is 34.1 Å². The van der Waals surface area contributed by atoms with Crippen molar-refractivity contribution >= 4 is 44.4 Å². The summed E-state index contributed by atoms with van der Waals surface area (Å²) in [5.74, 6) is 0.254. The minimum absolute atomic E-state index is 0.254. The molecule has 0 aliphatic carbocycles. The van der Waals surface area contributed by atoms with Crippen LogP contribution in [-0.2, 0) is 9.84 Å². The molecule has 0 N–H and O–H groups in total. The SMILES string of the molecule is O=S1(=O)CCCCC1C(Cl)c1sccc1Cl. The standard InChI is InChI=1S/C10H12Cl2O2S2/c11-7-4-5-15-10(7)9(12)8-3-1-2-6-16(8,13)14/h4-5,8-9H,1-3,6H2. The Bertz CT molecular complexity index is 467. The molecule has 0 spiro atoms. The molecule has 1 aliphatic heterocycles. The van der Waals surface area contributed by atoms with E-state index in [1.165, 1.54) is 11.3 Å². The van der Waals surface area contributed by atoms with Gasteiger partial charge in [0.05, 0.1) is 21.4 Å². The first-order valence-electron chi connectivity index (χ1n) is 5.11. The number of rotatable bonds is 2. The van der Waals surface area contributed by atoms with Gasteiger partial charge in [0.2, 0.25) is 0 Å². The Balaban J connectivity index is 2.28. The summed E-state index contributed by atoms with van der Waals surface area (Å²) in [5.41, 5.74) is 0. The van der Waals surface area contributed by atoms with Crippen LogP contribution in [0.4, 0.5) is 0 Å². The third-order valence-corrected chi connectivity index (χ3v) is 7.38. The average Bonchev–Trinajstić information content (AvgIpc) is 2.63.